The Morgan fingerprint density at radius 1 is 1.47 bits per heavy atom. The van der Waals surface area contributed by atoms with Crippen molar-refractivity contribution in [1.29, 1.82) is 0 Å². The maximum Gasteiger partial charge on any atom is 0.217 e. The van der Waals surface area contributed by atoms with Gasteiger partial charge in [0.1, 0.15) is 0 Å². The zero-order valence-electron chi connectivity index (χ0n) is 10.9. The molecular formula is C13H26N2O2. The molecule has 1 aliphatic heterocycles. The monoisotopic (exact) mass is 242 g/mol. The van der Waals surface area contributed by atoms with Crippen LogP contribution in [-0.2, 0) is 9.53 Å². The van der Waals surface area contributed by atoms with Crippen LogP contribution in [0.5, 0.6) is 0 Å². The molecule has 17 heavy (non-hydrogen) atoms. The highest BCUT2D eigenvalue weighted by Gasteiger charge is 2.20. The lowest BCUT2D eigenvalue weighted by Gasteiger charge is -2.30. The summed E-state index contributed by atoms with van der Waals surface area (Å²) in [5, 5.41) is 3.55. The molecule has 0 aromatic rings. The van der Waals surface area contributed by atoms with E-state index < -0.39 is 0 Å². The summed E-state index contributed by atoms with van der Waals surface area (Å²) in [5.74, 6) is -0.195. The number of hydrogen-bond donors (Lipinski definition) is 2. The van der Waals surface area contributed by atoms with Gasteiger partial charge < -0.3 is 15.8 Å². The van der Waals surface area contributed by atoms with Gasteiger partial charge in [0.05, 0.1) is 6.10 Å². The molecule has 1 heterocycles. The van der Waals surface area contributed by atoms with Crippen LogP contribution >= 0.6 is 0 Å². The Morgan fingerprint density at radius 2 is 2.29 bits per heavy atom. The van der Waals surface area contributed by atoms with Crippen LogP contribution in [0.1, 0.15) is 51.9 Å². The van der Waals surface area contributed by atoms with E-state index in [9.17, 15) is 4.79 Å². The first kappa shape index (κ1) is 14.5. The SMILES string of the molecule is CCCC1CC(NCCCCC(N)=O)CCO1. The van der Waals surface area contributed by atoms with Crippen LogP contribution in [0.4, 0.5) is 0 Å². The van der Waals surface area contributed by atoms with Gasteiger partial charge in [0.2, 0.25) is 5.91 Å². The summed E-state index contributed by atoms with van der Waals surface area (Å²) in [7, 11) is 0. The van der Waals surface area contributed by atoms with Crippen molar-refractivity contribution in [1.82, 2.24) is 5.32 Å². The van der Waals surface area contributed by atoms with Gasteiger partial charge in [-0.05, 0) is 38.6 Å². The van der Waals surface area contributed by atoms with Crippen LogP contribution < -0.4 is 11.1 Å². The maximum absolute atomic E-state index is 10.6. The van der Waals surface area contributed by atoms with Gasteiger partial charge in [-0.15, -0.1) is 0 Å². The van der Waals surface area contributed by atoms with Crippen LogP contribution in [0.3, 0.4) is 0 Å². The molecule has 0 saturated carbocycles. The predicted molar refractivity (Wildman–Crippen MR) is 68.7 cm³/mol. The minimum atomic E-state index is -0.195. The van der Waals surface area contributed by atoms with E-state index in [1.165, 1.54) is 12.8 Å². The number of amides is 1. The Hall–Kier alpha value is -0.610. The Balaban J connectivity index is 2.04. The molecule has 100 valence electrons. The zero-order chi connectivity index (χ0) is 12.5. The van der Waals surface area contributed by atoms with E-state index in [2.05, 4.69) is 12.2 Å². The molecule has 0 aromatic heterocycles. The van der Waals surface area contributed by atoms with E-state index in [4.69, 9.17) is 10.5 Å². The number of carbonyl (C=O) groups is 1. The minimum absolute atomic E-state index is 0.195. The number of unbranched alkanes of at least 4 members (excludes halogenated alkanes) is 1. The molecule has 4 heteroatoms. The summed E-state index contributed by atoms with van der Waals surface area (Å²) >= 11 is 0. The number of carbonyl (C=O) groups excluding carboxylic acids is 1. The lowest BCUT2D eigenvalue weighted by atomic mass is 10.00. The van der Waals surface area contributed by atoms with Crippen molar-refractivity contribution in [2.45, 2.75) is 64.0 Å². The summed E-state index contributed by atoms with van der Waals surface area (Å²) < 4.78 is 5.71. The third kappa shape index (κ3) is 6.64. The van der Waals surface area contributed by atoms with Gasteiger partial charge in [-0.2, -0.15) is 0 Å². The van der Waals surface area contributed by atoms with Crippen LogP contribution in [0.2, 0.25) is 0 Å². The molecular weight excluding hydrogens is 216 g/mol. The highest BCUT2D eigenvalue weighted by Crippen LogP contribution is 2.17. The molecule has 3 N–H and O–H groups in total. The third-order valence-corrected chi connectivity index (χ3v) is 3.26. The smallest absolute Gasteiger partial charge is 0.217 e. The van der Waals surface area contributed by atoms with E-state index in [0.29, 0.717) is 18.6 Å². The van der Waals surface area contributed by atoms with Gasteiger partial charge in [-0.3, -0.25) is 4.79 Å². The molecule has 0 aliphatic carbocycles. The van der Waals surface area contributed by atoms with E-state index in [0.717, 1.165) is 38.8 Å². The van der Waals surface area contributed by atoms with Crippen molar-refractivity contribution in [2.75, 3.05) is 13.2 Å². The number of ether oxygens (including phenoxy) is 1. The quantitative estimate of drug-likeness (QED) is 0.635. The second kappa shape index (κ2) is 8.48. The Kier molecular flexibility index (Phi) is 7.21. The highest BCUT2D eigenvalue weighted by atomic mass is 16.5. The Labute approximate surface area is 104 Å². The Morgan fingerprint density at radius 3 is 3.00 bits per heavy atom. The molecule has 2 atom stereocenters. The predicted octanol–water partition coefficient (Wildman–Crippen LogP) is 1.58. The average molecular weight is 242 g/mol. The summed E-state index contributed by atoms with van der Waals surface area (Å²) in [6, 6.07) is 0.592. The van der Waals surface area contributed by atoms with Crippen LogP contribution in [0.25, 0.3) is 0 Å². The molecule has 0 bridgehead atoms. The van der Waals surface area contributed by atoms with Crippen LogP contribution in [-0.4, -0.2) is 31.2 Å². The first-order valence-electron chi connectivity index (χ1n) is 6.85. The molecule has 1 amide bonds. The molecule has 2 unspecified atom stereocenters. The van der Waals surface area contributed by atoms with Crippen molar-refractivity contribution in [3.8, 4) is 0 Å². The van der Waals surface area contributed by atoms with Gasteiger partial charge in [-0.1, -0.05) is 13.3 Å². The minimum Gasteiger partial charge on any atom is -0.378 e. The van der Waals surface area contributed by atoms with Crippen molar-refractivity contribution < 1.29 is 9.53 Å². The first-order chi connectivity index (χ1) is 8.22. The number of nitrogens with two attached hydrogens (primary N) is 1. The number of hydrogen-bond acceptors (Lipinski definition) is 3. The van der Waals surface area contributed by atoms with E-state index >= 15 is 0 Å². The third-order valence-electron chi connectivity index (χ3n) is 3.26. The van der Waals surface area contributed by atoms with Crippen molar-refractivity contribution in [3.05, 3.63) is 0 Å². The second-order valence-electron chi connectivity index (χ2n) is 4.88. The standard InChI is InChI=1S/C13H26N2O2/c1-2-5-12-10-11(7-9-17-12)15-8-4-3-6-13(14)16/h11-12,15H,2-10H2,1H3,(H2,14,16). The largest absolute Gasteiger partial charge is 0.378 e. The summed E-state index contributed by atoms with van der Waals surface area (Å²) in [6.45, 7) is 4.06. The first-order valence-corrected chi connectivity index (χ1v) is 6.85. The molecule has 0 radical (unpaired) electrons. The Bertz CT molecular complexity index is 219. The maximum atomic E-state index is 10.6. The number of nitrogens with one attached hydrogen (secondary N) is 1. The van der Waals surface area contributed by atoms with E-state index in [1.807, 2.05) is 0 Å². The van der Waals surface area contributed by atoms with Gasteiger partial charge in [0, 0.05) is 19.1 Å². The molecule has 0 spiro atoms. The van der Waals surface area contributed by atoms with Crippen LogP contribution in [0, 0.1) is 0 Å². The van der Waals surface area contributed by atoms with Gasteiger partial charge >= 0.3 is 0 Å². The average Bonchev–Trinajstić information content (AvgIpc) is 2.29. The van der Waals surface area contributed by atoms with Crippen molar-refractivity contribution in [2.24, 2.45) is 5.73 Å². The fourth-order valence-electron chi connectivity index (χ4n) is 2.32. The summed E-state index contributed by atoms with van der Waals surface area (Å²) in [5.41, 5.74) is 5.09. The topological polar surface area (TPSA) is 64.3 Å². The van der Waals surface area contributed by atoms with Gasteiger partial charge in [0.15, 0.2) is 0 Å². The summed E-state index contributed by atoms with van der Waals surface area (Å²) in [6.07, 6.45) is 7.46. The molecule has 0 aromatic carbocycles. The van der Waals surface area contributed by atoms with Crippen molar-refractivity contribution in [3.63, 3.8) is 0 Å². The molecule has 1 rings (SSSR count). The van der Waals surface area contributed by atoms with Crippen molar-refractivity contribution >= 4 is 5.91 Å². The fraction of sp³-hybridized carbons (Fsp3) is 0.923. The molecule has 1 aliphatic rings. The van der Waals surface area contributed by atoms with E-state index in [-0.39, 0.29) is 5.91 Å². The normalized spacial score (nSPS) is 24.8. The van der Waals surface area contributed by atoms with E-state index in [1.54, 1.807) is 0 Å². The highest BCUT2D eigenvalue weighted by molar-refractivity contribution is 5.73. The van der Waals surface area contributed by atoms with Gasteiger partial charge in [0.25, 0.3) is 0 Å². The fourth-order valence-corrected chi connectivity index (χ4v) is 2.32. The lowest BCUT2D eigenvalue weighted by Crippen LogP contribution is -2.39. The van der Waals surface area contributed by atoms with Crippen LogP contribution in [0.15, 0.2) is 0 Å². The summed E-state index contributed by atoms with van der Waals surface area (Å²) in [4.78, 5) is 10.6. The second-order valence-corrected chi connectivity index (χ2v) is 4.88. The molecule has 1 fully saturated rings. The zero-order valence-corrected chi connectivity index (χ0v) is 10.9. The number of rotatable bonds is 8. The molecule has 1 saturated heterocycles. The van der Waals surface area contributed by atoms with Gasteiger partial charge in [-0.25, -0.2) is 0 Å². The number of primary amides is 1. The lowest BCUT2D eigenvalue weighted by molar-refractivity contribution is -0.118. The molecule has 4 nitrogen and oxygen atoms in total.